The number of anilines is 2. The van der Waals surface area contributed by atoms with Crippen molar-refractivity contribution in [1.82, 2.24) is 9.38 Å². The zero-order valence-corrected chi connectivity index (χ0v) is 15.4. The molecule has 3 rings (SSSR count). The van der Waals surface area contributed by atoms with Crippen LogP contribution < -0.4 is 16.2 Å². The number of hydrogen-bond acceptors (Lipinski definition) is 4. The van der Waals surface area contributed by atoms with Crippen LogP contribution in [0.4, 0.5) is 11.4 Å². The number of carbonyl (C=O) groups is 2. The van der Waals surface area contributed by atoms with E-state index in [9.17, 15) is 14.4 Å². The van der Waals surface area contributed by atoms with Crippen LogP contribution in [0.15, 0.2) is 47.5 Å². The summed E-state index contributed by atoms with van der Waals surface area (Å²) in [5.74, 6) is -0.672. The van der Waals surface area contributed by atoms with Crippen LogP contribution in [0, 0.1) is 13.8 Å². The molecule has 0 radical (unpaired) electrons. The Morgan fingerprint density at radius 1 is 1.11 bits per heavy atom. The van der Waals surface area contributed by atoms with Crippen molar-refractivity contribution < 1.29 is 9.59 Å². The lowest BCUT2D eigenvalue weighted by atomic mass is 10.1. The third-order valence-corrected chi connectivity index (χ3v) is 4.26. The Balaban J connectivity index is 1.93. The molecule has 0 spiro atoms. The number of rotatable bonds is 4. The van der Waals surface area contributed by atoms with Crippen molar-refractivity contribution in [3.8, 4) is 0 Å². The number of nitrogens with zero attached hydrogens (tertiary/aromatic N) is 2. The van der Waals surface area contributed by atoms with E-state index in [-0.39, 0.29) is 11.5 Å². The van der Waals surface area contributed by atoms with E-state index >= 15 is 0 Å². The molecule has 1 aromatic carbocycles. The molecule has 27 heavy (non-hydrogen) atoms. The van der Waals surface area contributed by atoms with Gasteiger partial charge in [0.1, 0.15) is 11.2 Å². The van der Waals surface area contributed by atoms with Crippen molar-refractivity contribution in [1.29, 1.82) is 0 Å². The highest BCUT2D eigenvalue weighted by Gasteiger charge is 2.15. The Bertz CT molecular complexity index is 1100. The fraction of sp³-hybridized carbons (Fsp3) is 0.200. The molecule has 7 heteroatoms. The topological polar surface area (TPSA) is 92.6 Å². The number of carbonyl (C=O) groups excluding carboxylic acids is 2. The zero-order valence-electron chi connectivity index (χ0n) is 15.4. The van der Waals surface area contributed by atoms with Crippen LogP contribution in [0.3, 0.4) is 0 Å². The summed E-state index contributed by atoms with van der Waals surface area (Å²) in [6.45, 7) is 5.44. The van der Waals surface area contributed by atoms with E-state index in [0.717, 1.165) is 11.1 Å². The van der Waals surface area contributed by atoms with Crippen molar-refractivity contribution in [3.05, 3.63) is 69.8 Å². The Labute approximate surface area is 156 Å². The summed E-state index contributed by atoms with van der Waals surface area (Å²) in [7, 11) is 0. The monoisotopic (exact) mass is 364 g/mol. The van der Waals surface area contributed by atoms with Gasteiger partial charge in [-0.3, -0.25) is 18.8 Å². The molecule has 0 fully saturated rings. The van der Waals surface area contributed by atoms with Crippen molar-refractivity contribution in [3.63, 3.8) is 0 Å². The van der Waals surface area contributed by atoms with Gasteiger partial charge in [-0.1, -0.05) is 19.1 Å². The summed E-state index contributed by atoms with van der Waals surface area (Å²) in [5, 5.41) is 5.48. The molecule has 2 aromatic heterocycles. The number of aromatic nitrogens is 2. The number of aryl methyl sites for hydroxylation is 2. The summed E-state index contributed by atoms with van der Waals surface area (Å²) in [6.07, 6.45) is 3.23. The van der Waals surface area contributed by atoms with Gasteiger partial charge in [-0.25, -0.2) is 4.98 Å². The predicted octanol–water partition coefficient (Wildman–Crippen LogP) is 2.91. The first-order valence-corrected chi connectivity index (χ1v) is 8.59. The zero-order chi connectivity index (χ0) is 19.6. The van der Waals surface area contributed by atoms with E-state index < -0.39 is 11.5 Å². The van der Waals surface area contributed by atoms with Gasteiger partial charge in [0.25, 0.3) is 11.5 Å². The van der Waals surface area contributed by atoms with Crippen LogP contribution >= 0.6 is 0 Å². The molecule has 0 bridgehead atoms. The molecule has 2 amide bonds. The van der Waals surface area contributed by atoms with E-state index in [4.69, 9.17) is 0 Å². The number of nitrogens with one attached hydrogen (secondary N) is 2. The van der Waals surface area contributed by atoms with Crippen molar-refractivity contribution in [2.24, 2.45) is 0 Å². The lowest BCUT2D eigenvalue weighted by molar-refractivity contribution is -0.115. The van der Waals surface area contributed by atoms with Gasteiger partial charge in [0.15, 0.2) is 0 Å². The minimum Gasteiger partial charge on any atom is -0.326 e. The number of benzene rings is 1. The summed E-state index contributed by atoms with van der Waals surface area (Å²) >= 11 is 0. The molecule has 0 unspecified atom stereocenters. The Kier molecular flexibility index (Phi) is 5.03. The molecule has 0 saturated carbocycles. The van der Waals surface area contributed by atoms with Gasteiger partial charge in [0.2, 0.25) is 5.91 Å². The predicted molar refractivity (Wildman–Crippen MR) is 104 cm³/mol. The van der Waals surface area contributed by atoms with Crippen LogP contribution in [-0.4, -0.2) is 21.2 Å². The molecular weight excluding hydrogens is 344 g/mol. The molecule has 0 aliphatic rings. The maximum absolute atomic E-state index is 12.7. The molecule has 3 aromatic rings. The van der Waals surface area contributed by atoms with Crippen molar-refractivity contribution >= 4 is 28.8 Å². The van der Waals surface area contributed by atoms with Gasteiger partial charge >= 0.3 is 0 Å². The van der Waals surface area contributed by atoms with E-state index in [1.807, 2.05) is 19.9 Å². The van der Waals surface area contributed by atoms with Gasteiger partial charge in [-0.15, -0.1) is 0 Å². The second-order valence-electron chi connectivity index (χ2n) is 6.25. The molecular formula is C20H20N4O3. The normalized spacial score (nSPS) is 10.6. The molecule has 0 aliphatic carbocycles. The summed E-state index contributed by atoms with van der Waals surface area (Å²) in [4.78, 5) is 41.1. The highest BCUT2D eigenvalue weighted by Crippen LogP contribution is 2.21. The van der Waals surface area contributed by atoms with Gasteiger partial charge in [-0.2, -0.15) is 0 Å². The third-order valence-electron chi connectivity index (χ3n) is 4.26. The fourth-order valence-corrected chi connectivity index (χ4v) is 2.68. The maximum Gasteiger partial charge on any atom is 0.270 e. The second-order valence-corrected chi connectivity index (χ2v) is 6.25. The van der Waals surface area contributed by atoms with Crippen molar-refractivity contribution in [2.75, 3.05) is 10.6 Å². The molecule has 138 valence electrons. The van der Waals surface area contributed by atoms with E-state index in [2.05, 4.69) is 15.6 Å². The average Bonchev–Trinajstić information content (AvgIpc) is 2.65. The van der Waals surface area contributed by atoms with Gasteiger partial charge in [0.05, 0.1) is 0 Å². The SMILES string of the molecule is CCC(=O)Nc1ccc(C)c(NC(=O)c2cnc3c(C)cccn3c2=O)c1. The maximum atomic E-state index is 12.7. The number of fused-ring (bicyclic) bond motifs is 1. The van der Waals surface area contributed by atoms with Crippen LogP contribution in [0.1, 0.15) is 34.8 Å². The van der Waals surface area contributed by atoms with Gasteiger partial charge < -0.3 is 10.6 Å². The number of pyridine rings is 1. The molecule has 0 saturated heterocycles. The fourth-order valence-electron chi connectivity index (χ4n) is 2.68. The molecule has 2 heterocycles. The molecule has 2 N–H and O–H groups in total. The smallest absolute Gasteiger partial charge is 0.270 e. The third kappa shape index (κ3) is 3.72. The Hall–Kier alpha value is -3.48. The summed E-state index contributed by atoms with van der Waals surface area (Å²) < 4.78 is 1.36. The minimum absolute atomic E-state index is 0.0551. The first kappa shape index (κ1) is 18.3. The Morgan fingerprint density at radius 2 is 1.89 bits per heavy atom. The standard InChI is InChI=1S/C20H20N4O3/c1-4-17(25)22-14-8-7-12(2)16(10-14)23-19(26)15-11-21-18-13(3)6-5-9-24(18)20(15)27/h5-11H,4H2,1-3H3,(H,22,25)(H,23,26). The first-order valence-electron chi connectivity index (χ1n) is 8.59. The molecule has 7 nitrogen and oxygen atoms in total. The van der Waals surface area contributed by atoms with Crippen LogP contribution in [0.2, 0.25) is 0 Å². The summed E-state index contributed by atoms with van der Waals surface area (Å²) in [5.41, 5.74) is 2.77. The van der Waals surface area contributed by atoms with E-state index in [1.165, 1.54) is 10.6 Å². The second kappa shape index (κ2) is 7.41. The highest BCUT2D eigenvalue weighted by atomic mass is 16.2. The largest absolute Gasteiger partial charge is 0.326 e. The molecule has 0 atom stereocenters. The molecule has 0 aliphatic heterocycles. The van der Waals surface area contributed by atoms with E-state index in [0.29, 0.717) is 23.4 Å². The van der Waals surface area contributed by atoms with Crippen molar-refractivity contribution in [2.45, 2.75) is 27.2 Å². The van der Waals surface area contributed by atoms with Gasteiger partial charge in [0, 0.05) is 30.2 Å². The summed E-state index contributed by atoms with van der Waals surface area (Å²) in [6, 6.07) is 8.79. The van der Waals surface area contributed by atoms with Crippen LogP contribution in [0.5, 0.6) is 0 Å². The van der Waals surface area contributed by atoms with Gasteiger partial charge in [-0.05, 0) is 43.2 Å². The quantitative estimate of drug-likeness (QED) is 0.744. The average molecular weight is 364 g/mol. The minimum atomic E-state index is -0.550. The first-order chi connectivity index (χ1) is 12.9. The highest BCUT2D eigenvalue weighted by molar-refractivity contribution is 6.04. The van der Waals surface area contributed by atoms with E-state index in [1.54, 1.807) is 37.4 Å². The lowest BCUT2D eigenvalue weighted by Gasteiger charge is -2.12. The Morgan fingerprint density at radius 3 is 2.63 bits per heavy atom. The van der Waals surface area contributed by atoms with Crippen LogP contribution in [-0.2, 0) is 4.79 Å². The number of amides is 2. The number of hydrogen-bond donors (Lipinski definition) is 2. The lowest BCUT2D eigenvalue weighted by Crippen LogP contribution is -2.27. The van der Waals surface area contributed by atoms with Crippen LogP contribution in [0.25, 0.3) is 5.65 Å².